The van der Waals surface area contributed by atoms with Gasteiger partial charge in [-0.05, 0) is 65.5 Å². The maximum atomic E-state index is 13.2. The van der Waals surface area contributed by atoms with Crippen molar-refractivity contribution in [3.63, 3.8) is 0 Å². The van der Waals surface area contributed by atoms with Gasteiger partial charge in [-0.2, -0.15) is 0 Å². The smallest absolute Gasteiger partial charge is 0.200 e. The van der Waals surface area contributed by atoms with Gasteiger partial charge < -0.3 is 4.43 Å². The Balaban J connectivity index is 1.76. The molecule has 0 radical (unpaired) electrons. The summed E-state index contributed by atoms with van der Waals surface area (Å²) in [4.78, 5) is 13.2. The first kappa shape index (κ1) is 20.2. The van der Waals surface area contributed by atoms with Gasteiger partial charge >= 0.3 is 0 Å². The van der Waals surface area contributed by atoms with E-state index in [1.54, 1.807) is 0 Å². The van der Waals surface area contributed by atoms with Crippen LogP contribution >= 0.6 is 11.6 Å². The number of hydrogen-bond donors (Lipinski definition) is 0. The Hall–Kier alpha value is -0.123. The monoisotopic (exact) mass is 408 g/mol. The zero-order valence-corrected chi connectivity index (χ0v) is 19.7. The Bertz CT molecular complexity index is 627. The second-order valence-electron chi connectivity index (χ2n) is 10.8. The van der Waals surface area contributed by atoms with Crippen LogP contribution in [0.4, 0.5) is 0 Å². The largest absolute Gasteiger partial charge is 0.413 e. The average Bonchev–Trinajstić information content (AvgIpc) is 3.36. The van der Waals surface area contributed by atoms with Gasteiger partial charge in [-0.25, -0.2) is 0 Å². The molecule has 0 unspecified atom stereocenters. The maximum absolute atomic E-state index is 13.2. The van der Waals surface area contributed by atoms with Crippen molar-refractivity contribution < 1.29 is 9.22 Å². The lowest BCUT2D eigenvalue weighted by molar-refractivity contribution is -0.143. The molecule has 4 rings (SSSR count). The number of Topliss-reactive ketones (excluding diaryl/α,β-unsaturated/α-hetero) is 1. The molecule has 27 heavy (non-hydrogen) atoms. The third kappa shape index (κ3) is 2.70. The van der Waals surface area contributed by atoms with Crippen molar-refractivity contribution in [2.45, 2.75) is 96.4 Å². The molecule has 0 aliphatic heterocycles. The third-order valence-electron chi connectivity index (χ3n) is 8.81. The van der Waals surface area contributed by atoms with Gasteiger partial charge in [0, 0.05) is 5.92 Å². The number of fused-ring (bicyclic) bond motifs is 4. The van der Waals surface area contributed by atoms with E-state index in [4.69, 9.17) is 16.0 Å². The molecule has 1 spiro atoms. The van der Waals surface area contributed by atoms with Gasteiger partial charge in [0.2, 0.25) is 8.32 Å². The fourth-order valence-corrected chi connectivity index (χ4v) is 13.7. The predicted molar refractivity (Wildman–Crippen MR) is 114 cm³/mol. The molecule has 3 saturated carbocycles. The number of allylic oxidation sites excluding steroid dienone is 2. The van der Waals surface area contributed by atoms with Crippen molar-refractivity contribution in [2.75, 3.05) is 0 Å². The van der Waals surface area contributed by atoms with Crippen LogP contribution in [0.15, 0.2) is 11.1 Å². The summed E-state index contributed by atoms with van der Waals surface area (Å²) in [6.07, 6.45) is 8.49. The van der Waals surface area contributed by atoms with Gasteiger partial charge in [-0.15, -0.1) is 0 Å². The van der Waals surface area contributed by atoms with Crippen LogP contribution in [-0.2, 0) is 9.22 Å². The van der Waals surface area contributed by atoms with Gasteiger partial charge in [0.25, 0.3) is 0 Å². The molecule has 2 nitrogen and oxygen atoms in total. The Morgan fingerprint density at radius 3 is 2.11 bits per heavy atom. The highest BCUT2D eigenvalue weighted by atomic mass is 35.5. The number of halogens is 1. The van der Waals surface area contributed by atoms with Crippen LogP contribution in [-0.4, -0.2) is 20.2 Å². The summed E-state index contributed by atoms with van der Waals surface area (Å²) in [6.45, 7) is 14.2. The minimum absolute atomic E-state index is 0.125. The van der Waals surface area contributed by atoms with Crippen LogP contribution in [0.3, 0.4) is 0 Å². The highest BCUT2D eigenvalue weighted by Gasteiger charge is 2.69. The lowest BCUT2D eigenvalue weighted by atomic mass is 9.51. The van der Waals surface area contributed by atoms with E-state index in [2.05, 4.69) is 47.6 Å². The summed E-state index contributed by atoms with van der Waals surface area (Å²) in [5.74, 6) is 1.77. The molecule has 0 aromatic carbocycles. The van der Waals surface area contributed by atoms with Crippen LogP contribution in [0, 0.1) is 29.1 Å². The van der Waals surface area contributed by atoms with E-state index in [1.165, 1.54) is 25.7 Å². The van der Waals surface area contributed by atoms with E-state index < -0.39 is 8.32 Å². The summed E-state index contributed by atoms with van der Waals surface area (Å²) in [5.41, 5.74) is 2.00. The molecule has 0 amide bonds. The molecular formula is C23H37ClO2Si. The van der Waals surface area contributed by atoms with Crippen molar-refractivity contribution in [2.24, 2.45) is 29.1 Å². The lowest BCUT2D eigenvalue weighted by Crippen LogP contribution is -2.61. The Morgan fingerprint density at radius 1 is 1.04 bits per heavy atom. The number of hydrogen-bond acceptors (Lipinski definition) is 2. The Kier molecular flexibility index (Phi) is 5.01. The van der Waals surface area contributed by atoms with E-state index in [1.807, 2.05) is 0 Å². The number of carbonyl (C=O) groups is 1. The standard InChI is InChI=1S/C23H37ClO2Si/c1-13(2)27(14(3)4,15(5)6)26-22-16-8-7-9-17(22)20-21(25)19(24)12-18(16)23(20)10-11-23/h12-18,20,22H,7-11H2,1-6H3/t16-,17+,18-,20-,22+/m0/s1. The molecule has 0 aromatic rings. The van der Waals surface area contributed by atoms with E-state index in [0.717, 1.165) is 6.42 Å². The summed E-state index contributed by atoms with van der Waals surface area (Å²) in [7, 11) is -1.96. The van der Waals surface area contributed by atoms with Crippen LogP contribution in [0.5, 0.6) is 0 Å². The number of ketones is 1. The molecule has 0 heterocycles. The number of rotatable bonds is 5. The van der Waals surface area contributed by atoms with Crippen molar-refractivity contribution in [3.8, 4) is 0 Å². The van der Waals surface area contributed by atoms with Crippen LogP contribution in [0.2, 0.25) is 16.6 Å². The summed E-state index contributed by atoms with van der Waals surface area (Å²) < 4.78 is 7.39. The fourth-order valence-electron chi connectivity index (χ4n) is 7.78. The highest BCUT2D eigenvalue weighted by Crippen LogP contribution is 2.71. The molecule has 152 valence electrons. The summed E-state index contributed by atoms with van der Waals surface area (Å²) >= 11 is 6.45. The van der Waals surface area contributed by atoms with E-state index in [0.29, 0.717) is 39.4 Å². The second-order valence-corrected chi connectivity index (χ2v) is 16.6. The first-order valence-electron chi connectivity index (χ1n) is 11.3. The normalized spacial score (nSPS) is 37.3. The molecule has 4 bridgehead atoms. The van der Waals surface area contributed by atoms with Crippen molar-refractivity contribution in [1.29, 1.82) is 0 Å². The lowest BCUT2D eigenvalue weighted by Gasteiger charge is -2.59. The van der Waals surface area contributed by atoms with Crippen molar-refractivity contribution >= 4 is 25.7 Å². The highest BCUT2D eigenvalue weighted by molar-refractivity contribution is 6.77. The Morgan fingerprint density at radius 2 is 1.59 bits per heavy atom. The molecule has 5 atom stereocenters. The quantitative estimate of drug-likeness (QED) is 0.473. The summed E-state index contributed by atoms with van der Waals surface area (Å²) in [5, 5.41) is 0.526. The first-order chi connectivity index (χ1) is 12.7. The zero-order valence-electron chi connectivity index (χ0n) is 17.9. The minimum atomic E-state index is -1.96. The average molecular weight is 409 g/mol. The summed E-state index contributed by atoms with van der Waals surface area (Å²) in [6, 6.07) is 0. The molecule has 0 aromatic heterocycles. The van der Waals surface area contributed by atoms with E-state index >= 15 is 0 Å². The van der Waals surface area contributed by atoms with Gasteiger partial charge in [0.15, 0.2) is 5.78 Å². The molecular weight excluding hydrogens is 372 g/mol. The molecule has 4 aliphatic rings. The van der Waals surface area contributed by atoms with Crippen molar-refractivity contribution in [1.82, 2.24) is 0 Å². The predicted octanol–water partition coefficient (Wildman–Crippen LogP) is 6.70. The molecule has 0 N–H and O–H groups in total. The van der Waals surface area contributed by atoms with Crippen LogP contribution in [0.25, 0.3) is 0 Å². The van der Waals surface area contributed by atoms with Gasteiger partial charge in [-0.1, -0.05) is 65.6 Å². The molecule has 0 saturated heterocycles. The molecule has 4 aliphatic carbocycles. The van der Waals surface area contributed by atoms with Crippen molar-refractivity contribution in [3.05, 3.63) is 11.1 Å². The third-order valence-corrected chi connectivity index (χ3v) is 15.2. The zero-order chi connectivity index (χ0) is 19.7. The van der Waals surface area contributed by atoms with Gasteiger partial charge in [0.05, 0.1) is 11.1 Å². The van der Waals surface area contributed by atoms with Gasteiger partial charge in [-0.3, -0.25) is 4.79 Å². The Labute approximate surface area is 171 Å². The maximum Gasteiger partial charge on any atom is 0.200 e. The van der Waals surface area contributed by atoms with E-state index in [9.17, 15) is 4.79 Å². The van der Waals surface area contributed by atoms with Gasteiger partial charge in [0.1, 0.15) is 0 Å². The van der Waals surface area contributed by atoms with Crippen LogP contribution < -0.4 is 0 Å². The molecule has 3 fully saturated rings. The fraction of sp³-hybridized carbons (Fsp3) is 0.870. The minimum Gasteiger partial charge on any atom is -0.413 e. The second kappa shape index (κ2) is 6.70. The first-order valence-corrected chi connectivity index (χ1v) is 13.8. The number of carbonyl (C=O) groups excluding carboxylic acids is 1. The van der Waals surface area contributed by atoms with E-state index in [-0.39, 0.29) is 23.2 Å². The van der Waals surface area contributed by atoms with Crippen LogP contribution in [0.1, 0.15) is 73.6 Å². The molecule has 4 heteroatoms. The topological polar surface area (TPSA) is 26.3 Å². The SMILES string of the molecule is CC(C)[Si](O[C@@H]1[C@H]2CCC[C@@H]1[C@H]1C(=O)C(Cl)=C[C@@H]2C12CC2)(C(C)C)C(C)C.